The molecule has 0 atom stereocenters. The number of aryl methyl sites for hydroxylation is 1. The van der Waals surface area contributed by atoms with E-state index in [1.54, 1.807) is 24.3 Å². The molecule has 104 valence electrons. The Hall–Kier alpha value is -2.90. The minimum atomic E-state index is -0.710. The maximum Gasteiger partial charge on any atom is 0.344 e. The number of amides is 1. The summed E-state index contributed by atoms with van der Waals surface area (Å²) in [7, 11) is 1.52. The first kappa shape index (κ1) is 13.5. The number of aromatic nitrogens is 1. The van der Waals surface area contributed by atoms with E-state index in [1.807, 2.05) is 0 Å². The zero-order valence-electron chi connectivity index (χ0n) is 10.7. The molecule has 20 heavy (non-hydrogen) atoms. The molecule has 1 aromatic carbocycles. The number of nitro groups is 1. The lowest BCUT2D eigenvalue weighted by atomic mass is 10.2. The van der Waals surface area contributed by atoms with Gasteiger partial charge in [0.25, 0.3) is 5.91 Å². The van der Waals surface area contributed by atoms with Gasteiger partial charge in [0.15, 0.2) is 0 Å². The molecule has 1 N–H and O–H groups in total. The average Bonchev–Trinajstić information content (AvgIpc) is 2.81. The number of carbonyl (C=O) groups excluding carboxylic acids is 1. The molecular formula is C12H11N3O5. The lowest BCUT2D eigenvalue weighted by Crippen LogP contribution is -2.14. The molecule has 0 aliphatic carbocycles. The summed E-state index contributed by atoms with van der Waals surface area (Å²) in [5.74, 6) is -0.0974. The van der Waals surface area contributed by atoms with Gasteiger partial charge in [-0.2, -0.15) is 0 Å². The Balaban J connectivity index is 2.21. The Morgan fingerprint density at radius 2 is 2.05 bits per heavy atom. The van der Waals surface area contributed by atoms with Gasteiger partial charge < -0.3 is 14.6 Å². The molecule has 0 saturated carbocycles. The van der Waals surface area contributed by atoms with Crippen LogP contribution in [0.4, 0.5) is 11.4 Å². The fraction of sp³-hybridized carbons (Fsp3) is 0.167. The Morgan fingerprint density at radius 3 is 2.60 bits per heavy atom. The maximum absolute atomic E-state index is 11.9. The van der Waals surface area contributed by atoms with Crippen LogP contribution in [0.5, 0.6) is 5.75 Å². The summed E-state index contributed by atoms with van der Waals surface area (Å²) in [5.41, 5.74) is -0.329. The van der Waals surface area contributed by atoms with Gasteiger partial charge in [0.05, 0.1) is 12.0 Å². The number of nitrogens with zero attached hydrogens (tertiary/aromatic N) is 2. The average molecular weight is 277 g/mol. The van der Waals surface area contributed by atoms with Crippen LogP contribution in [-0.2, 0) is 0 Å². The molecule has 2 aromatic rings. The normalized spacial score (nSPS) is 10.1. The lowest BCUT2D eigenvalue weighted by molar-refractivity contribution is -0.386. The largest absolute Gasteiger partial charge is 0.497 e. The first-order valence-corrected chi connectivity index (χ1v) is 5.59. The number of hydrogen-bond acceptors (Lipinski definition) is 6. The van der Waals surface area contributed by atoms with Gasteiger partial charge in [0, 0.05) is 12.6 Å². The monoisotopic (exact) mass is 277 g/mol. The zero-order chi connectivity index (χ0) is 14.7. The van der Waals surface area contributed by atoms with Gasteiger partial charge >= 0.3 is 5.69 Å². The maximum atomic E-state index is 11.9. The van der Waals surface area contributed by atoms with Crippen molar-refractivity contribution < 1.29 is 19.0 Å². The molecule has 0 fully saturated rings. The molecule has 1 amide bonds. The van der Waals surface area contributed by atoms with Crippen molar-refractivity contribution in [1.82, 2.24) is 5.16 Å². The van der Waals surface area contributed by atoms with E-state index in [4.69, 9.17) is 4.74 Å². The molecule has 0 spiro atoms. The van der Waals surface area contributed by atoms with Crippen molar-refractivity contribution >= 4 is 17.3 Å². The van der Waals surface area contributed by atoms with Crippen LogP contribution in [0.1, 0.15) is 16.2 Å². The number of methoxy groups -OCH3 is 1. The van der Waals surface area contributed by atoms with E-state index in [0.717, 1.165) is 0 Å². The molecule has 1 heterocycles. The quantitative estimate of drug-likeness (QED) is 0.677. The summed E-state index contributed by atoms with van der Waals surface area (Å²) in [4.78, 5) is 22.1. The number of nitrogens with one attached hydrogen (secondary N) is 1. The first-order chi connectivity index (χ1) is 9.52. The molecule has 0 bridgehead atoms. The van der Waals surface area contributed by atoms with Gasteiger partial charge in [0.2, 0.25) is 11.5 Å². The van der Waals surface area contributed by atoms with Crippen LogP contribution in [0.2, 0.25) is 0 Å². The van der Waals surface area contributed by atoms with Crippen molar-refractivity contribution in [2.75, 3.05) is 12.4 Å². The van der Waals surface area contributed by atoms with E-state index in [2.05, 4.69) is 15.0 Å². The predicted molar refractivity (Wildman–Crippen MR) is 68.8 cm³/mol. The number of hydrogen-bond donors (Lipinski definition) is 1. The van der Waals surface area contributed by atoms with Crippen LogP contribution in [0.15, 0.2) is 28.8 Å². The number of rotatable bonds is 4. The number of anilines is 1. The summed E-state index contributed by atoms with van der Waals surface area (Å²) in [6.07, 6.45) is 0. The Bertz CT molecular complexity index is 648. The van der Waals surface area contributed by atoms with E-state index in [1.165, 1.54) is 14.0 Å². The topological polar surface area (TPSA) is 108 Å². The van der Waals surface area contributed by atoms with E-state index in [9.17, 15) is 14.9 Å². The molecule has 1 aromatic heterocycles. The van der Waals surface area contributed by atoms with Gasteiger partial charge in [-0.15, -0.1) is 0 Å². The fourth-order valence-corrected chi connectivity index (χ4v) is 1.60. The van der Waals surface area contributed by atoms with Crippen molar-refractivity contribution in [3.63, 3.8) is 0 Å². The summed E-state index contributed by atoms with van der Waals surface area (Å²) in [6.45, 7) is 1.37. The summed E-state index contributed by atoms with van der Waals surface area (Å²) >= 11 is 0. The van der Waals surface area contributed by atoms with E-state index < -0.39 is 16.5 Å². The second-order valence-corrected chi connectivity index (χ2v) is 3.88. The number of benzene rings is 1. The van der Waals surface area contributed by atoms with Crippen molar-refractivity contribution in [3.05, 3.63) is 45.8 Å². The number of ether oxygens (including phenoxy) is 1. The van der Waals surface area contributed by atoms with Crippen molar-refractivity contribution in [2.45, 2.75) is 6.92 Å². The van der Waals surface area contributed by atoms with Crippen LogP contribution in [0, 0.1) is 17.0 Å². The zero-order valence-corrected chi connectivity index (χ0v) is 10.7. The molecule has 8 nitrogen and oxygen atoms in total. The third-order valence-electron chi connectivity index (χ3n) is 2.58. The highest BCUT2D eigenvalue weighted by Gasteiger charge is 2.29. The second-order valence-electron chi connectivity index (χ2n) is 3.88. The van der Waals surface area contributed by atoms with Gasteiger partial charge in [-0.1, -0.05) is 5.16 Å². The predicted octanol–water partition coefficient (Wildman–Crippen LogP) is 2.15. The third-order valence-corrected chi connectivity index (χ3v) is 2.58. The van der Waals surface area contributed by atoms with Gasteiger partial charge in [0.1, 0.15) is 5.75 Å². The first-order valence-electron chi connectivity index (χ1n) is 5.59. The smallest absolute Gasteiger partial charge is 0.344 e. The molecule has 0 radical (unpaired) electrons. The second kappa shape index (κ2) is 5.39. The van der Waals surface area contributed by atoms with E-state index in [-0.39, 0.29) is 11.5 Å². The molecule has 0 saturated heterocycles. The SMILES string of the molecule is COc1ccc(NC(=O)c2noc(C)c2[N+](=O)[O-])cc1. The fourth-order valence-electron chi connectivity index (χ4n) is 1.60. The minimum Gasteiger partial charge on any atom is -0.497 e. The third kappa shape index (κ3) is 2.58. The Morgan fingerprint density at radius 1 is 1.40 bits per heavy atom. The van der Waals surface area contributed by atoms with Crippen molar-refractivity contribution in [3.8, 4) is 5.75 Å². The van der Waals surface area contributed by atoms with Crippen LogP contribution < -0.4 is 10.1 Å². The Labute approximate surface area is 113 Å². The highest BCUT2D eigenvalue weighted by molar-refractivity contribution is 6.05. The molecule has 0 aliphatic rings. The molecular weight excluding hydrogens is 266 g/mol. The van der Waals surface area contributed by atoms with Crippen LogP contribution >= 0.6 is 0 Å². The summed E-state index contributed by atoms with van der Waals surface area (Å²) in [5, 5.41) is 16.8. The minimum absolute atomic E-state index is 0.0186. The highest BCUT2D eigenvalue weighted by Crippen LogP contribution is 2.23. The molecule has 0 unspecified atom stereocenters. The lowest BCUT2D eigenvalue weighted by Gasteiger charge is -2.04. The Kier molecular flexibility index (Phi) is 3.65. The van der Waals surface area contributed by atoms with Crippen LogP contribution in [0.25, 0.3) is 0 Å². The van der Waals surface area contributed by atoms with E-state index in [0.29, 0.717) is 11.4 Å². The summed E-state index contributed by atoms with van der Waals surface area (Å²) < 4.78 is 9.66. The highest BCUT2D eigenvalue weighted by atomic mass is 16.6. The van der Waals surface area contributed by atoms with Crippen LogP contribution in [-0.4, -0.2) is 23.1 Å². The molecule has 2 rings (SSSR count). The molecule has 8 heteroatoms. The van der Waals surface area contributed by atoms with Gasteiger partial charge in [-0.3, -0.25) is 14.9 Å². The van der Waals surface area contributed by atoms with Gasteiger partial charge in [-0.25, -0.2) is 0 Å². The molecule has 0 aliphatic heterocycles. The van der Waals surface area contributed by atoms with Crippen molar-refractivity contribution in [1.29, 1.82) is 0 Å². The standard InChI is InChI=1S/C12H11N3O5/c1-7-11(15(17)18)10(14-20-7)12(16)13-8-3-5-9(19-2)6-4-8/h3-6H,1-2H3,(H,13,16). The van der Waals surface area contributed by atoms with E-state index >= 15 is 0 Å². The number of carbonyl (C=O) groups is 1. The van der Waals surface area contributed by atoms with Crippen LogP contribution in [0.3, 0.4) is 0 Å². The van der Waals surface area contributed by atoms with Gasteiger partial charge in [-0.05, 0) is 24.3 Å². The van der Waals surface area contributed by atoms with Crippen molar-refractivity contribution in [2.24, 2.45) is 0 Å². The summed E-state index contributed by atoms with van der Waals surface area (Å²) in [6, 6.07) is 6.52.